The number of rotatable bonds is 12. The zero-order chi connectivity index (χ0) is 18.8. The van der Waals surface area contributed by atoms with Crippen molar-refractivity contribution in [2.75, 3.05) is 6.61 Å². The fourth-order valence-electron chi connectivity index (χ4n) is 2.14. The summed E-state index contributed by atoms with van der Waals surface area (Å²) < 4.78 is 5.07. The number of hydrogen-bond donors (Lipinski definition) is 1. The van der Waals surface area contributed by atoms with Crippen molar-refractivity contribution in [1.29, 1.82) is 0 Å². The van der Waals surface area contributed by atoms with E-state index in [2.05, 4.69) is 19.1 Å². The molecule has 0 radical (unpaired) electrons. The third-order valence-corrected chi connectivity index (χ3v) is 3.51. The van der Waals surface area contributed by atoms with E-state index in [1.807, 2.05) is 6.92 Å². The molecular weight excluding hydrogens is 316 g/mol. The fraction of sp³-hybridized carbons (Fsp3) is 0.524. The molecule has 0 spiro atoms. The third kappa shape index (κ3) is 12.9. The van der Waals surface area contributed by atoms with Gasteiger partial charge in [0.25, 0.3) is 0 Å². The fourth-order valence-corrected chi connectivity index (χ4v) is 2.14. The van der Waals surface area contributed by atoms with Gasteiger partial charge in [-0.1, -0.05) is 44.8 Å². The molecule has 0 amide bonds. The van der Waals surface area contributed by atoms with Gasteiger partial charge in [0.1, 0.15) is 12.6 Å². The van der Waals surface area contributed by atoms with Crippen molar-refractivity contribution in [2.45, 2.75) is 65.2 Å². The minimum atomic E-state index is 0.0578. The van der Waals surface area contributed by atoms with Gasteiger partial charge in [0.2, 0.25) is 0 Å². The van der Waals surface area contributed by atoms with Crippen LogP contribution in [0, 0.1) is 0 Å². The normalized spacial score (nSPS) is 10.2. The first-order valence-electron chi connectivity index (χ1n) is 9.19. The maximum absolute atomic E-state index is 10.3. The van der Waals surface area contributed by atoms with E-state index in [-0.39, 0.29) is 5.75 Å². The van der Waals surface area contributed by atoms with Gasteiger partial charge < -0.3 is 14.6 Å². The minimum absolute atomic E-state index is 0.0578. The largest absolute Gasteiger partial charge is 0.504 e. The maximum atomic E-state index is 10.3. The van der Waals surface area contributed by atoms with Crippen molar-refractivity contribution < 1.29 is 19.4 Å². The molecule has 4 heteroatoms. The van der Waals surface area contributed by atoms with Crippen LogP contribution in [0.3, 0.4) is 0 Å². The highest BCUT2D eigenvalue weighted by molar-refractivity contribution is 5.76. The summed E-state index contributed by atoms with van der Waals surface area (Å²) in [6, 6.07) is 4.48. The predicted molar refractivity (Wildman–Crippen MR) is 102 cm³/mol. The molecule has 0 saturated carbocycles. The Labute approximate surface area is 151 Å². The van der Waals surface area contributed by atoms with Crippen molar-refractivity contribution in [3.8, 4) is 11.5 Å². The van der Waals surface area contributed by atoms with E-state index < -0.39 is 0 Å². The Morgan fingerprint density at radius 2 is 1.68 bits per heavy atom. The molecule has 0 heterocycles. The van der Waals surface area contributed by atoms with Gasteiger partial charge in [0.05, 0.1) is 6.61 Å². The van der Waals surface area contributed by atoms with Crippen LogP contribution in [0.25, 0.3) is 0 Å². The minimum Gasteiger partial charge on any atom is -0.504 e. The van der Waals surface area contributed by atoms with Crippen molar-refractivity contribution >= 4 is 12.6 Å². The highest BCUT2D eigenvalue weighted by Crippen LogP contribution is 2.25. The molecule has 0 aliphatic rings. The van der Waals surface area contributed by atoms with Crippen LogP contribution in [0.2, 0.25) is 0 Å². The summed E-state index contributed by atoms with van der Waals surface area (Å²) in [4.78, 5) is 20.3. The molecule has 0 aliphatic heterocycles. The zero-order valence-electron chi connectivity index (χ0n) is 15.6. The van der Waals surface area contributed by atoms with Crippen molar-refractivity contribution in [3.05, 3.63) is 35.9 Å². The third-order valence-electron chi connectivity index (χ3n) is 3.51. The molecule has 0 aromatic heterocycles. The maximum Gasteiger partial charge on any atom is 0.161 e. The number of phenolic OH excluding ortho intramolecular Hbond substituents is 1. The second kappa shape index (κ2) is 16.7. The predicted octanol–water partition coefficient (Wildman–Crippen LogP) is 5.49. The molecule has 1 aromatic carbocycles. The van der Waals surface area contributed by atoms with Gasteiger partial charge >= 0.3 is 0 Å². The van der Waals surface area contributed by atoms with Gasteiger partial charge in [0.15, 0.2) is 11.5 Å². The topological polar surface area (TPSA) is 63.6 Å². The molecule has 0 fully saturated rings. The summed E-state index contributed by atoms with van der Waals surface area (Å²) in [5, 5.41) is 9.22. The van der Waals surface area contributed by atoms with E-state index in [9.17, 15) is 14.7 Å². The number of unbranched alkanes of at least 4 members (excludes halogenated alkanes) is 6. The second-order valence-electron chi connectivity index (χ2n) is 5.70. The molecule has 25 heavy (non-hydrogen) atoms. The van der Waals surface area contributed by atoms with Crippen LogP contribution in [-0.4, -0.2) is 24.3 Å². The summed E-state index contributed by atoms with van der Waals surface area (Å²) in [7, 11) is 0. The van der Waals surface area contributed by atoms with Gasteiger partial charge in [0, 0.05) is 12.0 Å². The van der Waals surface area contributed by atoms with Gasteiger partial charge in [-0.15, -0.1) is 0 Å². The zero-order valence-corrected chi connectivity index (χ0v) is 15.6. The van der Waals surface area contributed by atoms with Crippen LogP contribution < -0.4 is 4.74 Å². The van der Waals surface area contributed by atoms with Gasteiger partial charge in [-0.3, -0.25) is 4.79 Å². The molecule has 0 bridgehead atoms. The number of aromatic hydroxyl groups is 1. The molecule has 1 rings (SSSR count). The first-order chi connectivity index (χ1) is 12.2. The Morgan fingerprint density at radius 1 is 0.960 bits per heavy atom. The highest BCUT2D eigenvalue weighted by Gasteiger charge is 2.01. The standard InChI is InChI=1S/C12H22O.C9H10O3/c1-2-3-4-5-6-7-8-9-10-11-12-13;1-2-12-9-5-7(6-10)3-4-8(9)11/h8-9,12H,2-7,10-11H2,1H3;3-6,11H,2H2,1H3. The lowest BCUT2D eigenvalue weighted by atomic mass is 10.1. The van der Waals surface area contributed by atoms with Crippen LogP contribution in [0.15, 0.2) is 30.4 Å². The Morgan fingerprint density at radius 3 is 2.32 bits per heavy atom. The summed E-state index contributed by atoms with van der Waals surface area (Å²) in [6.07, 6.45) is 15.5. The lowest BCUT2D eigenvalue weighted by Gasteiger charge is -2.04. The molecule has 0 aliphatic carbocycles. The van der Waals surface area contributed by atoms with E-state index in [0.717, 1.165) is 12.7 Å². The Balaban J connectivity index is 0.000000462. The van der Waals surface area contributed by atoms with E-state index in [4.69, 9.17) is 4.74 Å². The number of carbonyl (C=O) groups is 2. The summed E-state index contributed by atoms with van der Waals surface area (Å²) in [5.74, 6) is 0.407. The average Bonchev–Trinajstić information content (AvgIpc) is 2.63. The number of ether oxygens (including phenoxy) is 1. The van der Waals surface area contributed by atoms with Crippen molar-refractivity contribution in [1.82, 2.24) is 0 Å². The average molecular weight is 348 g/mol. The van der Waals surface area contributed by atoms with Crippen LogP contribution in [-0.2, 0) is 4.79 Å². The molecule has 0 saturated heterocycles. The summed E-state index contributed by atoms with van der Waals surface area (Å²) >= 11 is 0. The molecule has 1 N–H and O–H groups in total. The van der Waals surface area contributed by atoms with Crippen LogP contribution in [0.4, 0.5) is 0 Å². The summed E-state index contributed by atoms with van der Waals surface area (Å²) in [6.45, 7) is 4.52. The van der Waals surface area contributed by atoms with Gasteiger partial charge in [-0.2, -0.15) is 0 Å². The quantitative estimate of drug-likeness (QED) is 0.308. The van der Waals surface area contributed by atoms with Crippen LogP contribution in [0.5, 0.6) is 11.5 Å². The first kappa shape index (κ1) is 22.9. The van der Waals surface area contributed by atoms with E-state index in [0.29, 0.717) is 30.6 Å². The number of aldehydes is 2. The lowest BCUT2D eigenvalue weighted by molar-refractivity contribution is -0.107. The molecule has 140 valence electrons. The molecule has 1 aromatic rings. The van der Waals surface area contributed by atoms with E-state index >= 15 is 0 Å². The summed E-state index contributed by atoms with van der Waals surface area (Å²) in [5.41, 5.74) is 0.497. The second-order valence-corrected chi connectivity index (χ2v) is 5.70. The number of benzene rings is 1. The molecule has 4 nitrogen and oxygen atoms in total. The SMILES string of the molecule is CCCCCCCC=CCCC=O.CCOc1cc(C=O)ccc1O. The van der Waals surface area contributed by atoms with Crippen molar-refractivity contribution in [3.63, 3.8) is 0 Å². The van der Waals surface area contributed by atoms with Gasteiger partial charge in [-0.25, -0.2) is 0 Å². The number of allylic oxidation sites excluding steroid dienone is 2. The number of phenols is 1. The molecule has 0 unspecified atom stereocenters. The Kier molecular flexibility index (Phi) is 15.3. The molecule has 0 atom stereocenters. The number of carbonyl (C=O) groups excluding carboxylic acids is 2. The lowest BCUT2D eigenvalue weighted by Crippen LogP contribution is -1.92. The Bertz CT molecular complexity index is 495. The van der Waals surface area contributed by atoms with Gasteiger partial charge in [-0.05, 0) is 44.4 Å². The van der Waals surface area contributed by atoms with Crippen LogP contribution in [0.1, 0.15) is 75.6 Å². The Hall–Kier alpha value is -2.10. The highest BCUT2D eigenvalue weighted by atomic mass is 16.5. The van der Waals surface area contributed by atoms with Crippen LogP contribution >= 0.6 is 0 Å². The number of hydrogen-bond acceptors (Lipinski definition) is 4. The first-order valence-corrected chi connectivity index (χ1v) is 9.19. The van der Waals surface area contributed by atoms with Crippen molar-refractivity contribution in [2.24, 2.45) is 0 Å². The molecular formula is C21H32O4. The van der Waals surface area contributed by atoms with E-state index in [1.54, 1.807) is 0 Å². The monoisotopic (exact) mass is 348 g/mol. The smallest absolute Gasteiger partial charge is 0.161 e. The van der Waals surface area contributed by atoms with E-state index in [1.165, 1.54) is 56.7 Å².